The molecule has 2 fully saturated rings. The van der Waals surface area contributed by atoms with Crippen LogP contribution in [0.4, 0.5) is 5.13 Å². The molecule has 3 heterocycles. The van der Waals surface area contributed by atoms with E-state index in [1.807, 2.05) is 23.1 Å². The number of nitrogens with zero attached hydrogens (tertiary/aromatic N) is 3. The number of aliphatic hydroxyl groups excluding tert-OH is 4. The Morgan fingerprint density at radius 1 is 1.11 bits per heavy atom. The SMILES string of the molecule is OC[C@H]1[C@@H](O)[C@H](O)[C@@H](O)CN1C[C@H]1CCCN(c2nc3ccccc3s2)C1. The van der Waals surface area contributed by atoms with Gasteiger partial charge < -0.3 is 25.3 Å². The van der Waals surface area contributed by atoms with Gasteiger partial charge in [-0.15, -0.1) is 0 Å². The minimum absolute atomic E-state index is 0.237. The van der Waals surface area contributed by atoms with Crippen LogP contribution in [0.2, 0.25) is 0 Å². The number of piperidine rings is 2. The van der Waals surface area contributed by atoms with Crippen LogP contribution in [0.15, 0.2) is 24.3 Å². The van der Waals surface area contributed by atoms with E-state index in [2.05, 4.69) is 11.0 Å². The van der Waals surface area contributed by atoms with Crippen molar-refractivity contribution in [3.8, 4) is 0 Å². The van der Waals surface area contributed by atoms with E-state index in [9.17, 15) is 20.4 Å². The molecule has 4 rings (SSSR count). The van der Waals surface area contributed by atoms with Crippen LogP contribution in [0, 0.1) is 5.92 Å². The quantitative estimate of drug-likeness (QED) is 0.592. The van der Waals surface area contributed by atoms with Crippen LogP contribution in [-0.2, 0) is 0 Å². The third-order valence-corrected chi connectivity index (χ3v) is 6.88. The van der Waals surface area contributed by atoms with Crippen molar-refractivity contribution in [1.29, 1.82) is 0 Å². The summed E-state index contributed by atoms with van der Waals surface area (Å²) in [5.74, 6) is 0.356. The highest BCUT2D eigenvalue weighted by Crippen LogP contribution is 2.32. The largest absolute Gasteiger partial charge is 0.395 e. The number of rotatable bonds is 4. The number of thiazole rings is 1. The molecule has 0 saturated carbocycles. The van der Waals surface area contributed by atoms with Crippen LogP contribution in [-0.4, -0.2) is 87.4 Å². The van der Waals surface area contributed by atoms with E-state index < -0.39 is 24.4 Å². The third kappa shape index (κ3) is 3.83. The topological polar surface area (TPSA) is 100 Å². The molecule has 148 valence electrons. The van der Waals surface area contributed by atoms with Crippen LogP contribution < -0.4 is 4.90 Å². The van der Waals surface area contributed by atoms with Crippen LogP contribution in [0.1, 0.15) is 12.8 Å². The van der Waals surface area contributed by atoms with Crippen molar-refractivity contribution in [3.63, 3.8) is 0 Å². The molecule has 0 unspecified atom stereocenters. The Kier molecular flexibility index (Phi) is 5.63. The Balaban J connectivity index is 1.45. The standard InChI is InChI=1S/C19H27N3O4S/c23-11-14-17(25)18(26)15(24)10-22(14)9-12-4-3-7-21(8-12)19-20-13-5-1-2-6-16(13)27-19/h1-2,5-6,12,14-15,17-18,23-26H,3-4,7-11H2/t12-,14-,15-,17+,18+/m0/s1. The van der Waals surface area contributed by atoms with Gasteiger partial charge in [0.1, 0.15) is 12.2 Å². The normalized spacial score (nSPS) is 32.9. The fourth-order valence-corrected chi connectivity index (χ4v) is 5.30. The highest BCUT2D eigenvalue weighted by atomic mass is 32.1. The van der Waals surface area contributed by atoms with E-state index in [4.69, 9.17) is 4.98 Å². The Morgan fingerprint density at radius 2 is 1.93 bits per heavy atom. The van der Waals surface area contributed by atoms with Gasteiger partial charge >= 0.3 is 0 Å². The number of likely N-dealkylation sites (tertiary alicyclic amines) is 1. The minimum atomic E-state index is -1.20. The minimum Gasteiger partial charge on any atom is -0.395 e. The smallest absolute Gasteiger partial charge is 0.186 e. The summed E-state index contributed by atoms with van der Waals surface area (Å²) < 4.78 is 1.19. The fourth-order valence-electron chi connectivity index (χ4n) is 4.30. The van der Waals surface area contributed by atoms with Crippen molar-refractivity contribution in [3.05, 3.63) is 24.3 Å². The summed E-state index contributed by atoms with van der Waals surface area (Å²) >= 11 is 1.71. The van der Waals surface area contributed by atoms with Gasteiger partial charge in [0, 0.05) is 26.2 Å². The Labute approximate surface area is 162 Å². The lowest BCUT2D eigenvalue weighted by Gasteiger charge is -2.45. The maximum absolute atomic E-state index is 10.2. The van der Waals surface area contributed by atoms with E-state index in [0.29, 0.717) is 12.5 Å². The Morgan fingerprint density at radius 3 is 2.70 bits per heavy atom. The lowest BCUT2D eigenvalue weighted by atomic mass is 9.91. The molecular weight excluding hydrogens is 366 g/mol. The van der Waals surface area contributed by atoms with E-state index >= 15 is 0 Å². The molecule has 0 radical (unpaired) electrons. The average Bonchev–Trinajstić information content (AvgIpc) is 3.11. The Hall–Kier alpha value is -1.29. The zero-order valence-electron chi connectivity index (χ0n) is 15.2. The molecule has 1 aromatic carbocycles. The maximum Gasteiger partial charge on any atom is 0.186 e. The predicted octanol–water partition coefficient (Wildman–Crippen LogP) is 0.272. The summed E-state index contributed by atoms with van der Waals surface area (Å²) in [6.07, 6.45) is -1.21. The number of β-amino-alcohol motifs (C(OH)–C–C–N with tert-alkyl or cyclic N) is 1. The monoisotopic (exact) mass is 393 g/mol. The first-order valence-electron chi connectivity index (χ1n) is 9.56. The van der Waals surface area contributed by atoms with Crippen LogP contribution in [0.25, 0.3) is 10.2 Å². The molecule has 0 amide bonds. The zero-order valence-corrected chi connectivity index (χ0v) is 16.0. The van der Waals surface area contributed by atoms with Gasteiger partial charge in [-0.25, -0.2) is 4.98 Å². The van der Waals surface area contributed by atoms with Gasteiger partial charge in [0.05, 0.1) is 29.0 Å². The van der Waals surface area contributed by atoms with Crippen LogP contribution in [0.5, 0.6) is 0 Å². The predicted molar refractivity (Wildman–Crippen MR) is 105 cm³/mol. The van der Waals surface area contributed by atoms with Gasteiger partial charge in [-0.3, -0.25) is 4.90 Å². The Bertz CT molecular complexity index is 739. The second-order valence-electron chi connectivity index (χ2n) is 7.67. The van der Waals surface area contributed by atoms with Gasteiger partial charge in [-0.05, 0) is 30.9 Å². The van der Waals surface area contributed by atoms with Gasteiger partial charge in [0.25, 0.3) is 0 Å². The summed E-state index contributed by atoms with van der Waals surface area (Å²) in [6, 6.07) is 7.61. The molecule has 2 aliphatic rings. The number of para-hydroxylation sites is 1. The highest BCUT2D eigenvalue weighted by molar-refractivity contribution is 7.22. The molecule has 27 heavy (non-hydrogen) atoms. The van der Waals surface area contributed by atoms with E-state index in [1.54, 1.807) is 11.3 Å². The average molecular weight is 394 g/mol. The number of aromatic nitrogens is 1. The zero-order chi connectivity index (χ0) is 19.0. The molecular formula is C19H27N3O4S. The third-order valence-electron chi connectivity index (χ3n) is 5.78. The van der Waals surface area contributed by atoms with E-state index in [1.165, 1.54) is 4.70 Å². The van der Waals surface area contributed by atoms with E-state index in [0.717, 1.165) is 36.6 Å². The number of fused-ring (bicyclic) bond motifs is 1. The summed E-state index contributed by atoms with van der Waals surface area (Å²) in [5, 5.41) is 40.8. The first-order valence-corrected chi connectivity index (χ1v) is 10.4. The molecule has 0 spiro atoms. The molecule has 8 heteroatoms. The van der Waals surface area contributed by atoms with Gasteiger partial charge in [-0.1, -0.05) is 23.5 Å². The highest BCUT2D eigenvalue weighted by Gasteiger charge is 2.41. The number of aliphatic hydroxyl groups is 4. The van der Waals surface area contributed by atoms with Crippen molar-refractivity contribution >= 4 is 26.7 Å². The molecule has 2 aliphatic heterocycles. The maximum atomic E-state index is 10.2. The van der Waals surface area contributed by atoms with Crippen molar-refractivity contribution in [2.24, 2.45) is 5.92 Å². The number of hydrogen-bond donors (Lipinski definition) is 4. The molecule has 0 aliphatic carbocycles. The molecule has 2 saturated heterocycles. The van der Waals surface area contributed by atoms with Gasteiger partial charge in [-0.2, -0.15) is 0 Å². The summed E-state index contributed by atoms with van der Waals surface area (Å²) in [4.78, 5) is 9.00. The number of anilines is 1. The fraction of sp³-hybridized carbons (Fsp3) is 0.632. The van der Waals surface area contributed by atoms with Crippen molar-refractivity contribution in [2.45, 2.75) is 37.2 Å². The summed E-state index contributed by atoms with van der Waals surface area (Å²) in [7, 11) is 0. The van der Waals surface area contributed by atoms with E-state index in [-0.39, 0.29) is 13.2 Å². The second kappa shape index (κ2) is 7.98. The molecule has 7 nitrogen and oxygen atoms in total. The second-order valence-corrected chi connectivity index (χ2v) is 8.68. The first-order chi connectivity index (χ1) is 13.1. The van der Waals surface area contributed by atoms with Crippen molar-refractivity contribution in [2.75, 3.05) is 37.7 Å². The van der Waals surface area contributed by atoms with Crippen molar-refractivity contribution < 1.29 is 20.4 Å². The number of hydrogen-bond acceptors (Lipinski definition) is 8. The summed E-state index contributed by atoms with van der Waals surface area (Å²) in [6.45, 7) is 2.54. The molecule has 1 aromatic heterocycles. The molecule has 2 aromatic rings. The van der Waals surface area contributed by atoms with Gasteiger partial charge in [0.2, 0.25) is 0 Å². The molecule has 5 atom stereocenters. The van der Waals surface area contributed by atoms with Crippen LogP contribution >= 0.6 is 11.3 Å². The van der Waals surface area contributed by atoms with Crippen LogP contribution in [0.3, 0.4) is 0 Å². The molecule has 4 N–H and O–H groups in total. The lowest BCUT2D eigenvalue weighted by Crippen LogP contribution is -2.63. The molecule has 0 bridgehead atoms. The number of benzene rings is 1. The lowest BCUT2D eigenvalue weighted by molar-refractivity contribution is -0.147. The first kappa shape index (κ1) is 19.0. The van der Waals surface area contributed by atoms with Crippen molar-refractivity contribution in [1.82, 2.24) is 9.88 Å². The summed E-state index contributed by atoms with van der Waals surface area (Å²) in [5.41, 5.74) is 1.02. The van der Waals surface area contributed by atoms with Gasteiger partial charge in [0.15, 0.2) is 5.13 Å².